The van der Waals surface area contributed by atoms with Gasteiger partial charge in [0.2, 0.25) is 0 Å². The van der Waals surface area contributed by atoms with Gasteiger partial charge in [-0.2, -0.15) is 0 Å². The molecule has 2 heteroatoms. The van der Waals surface area contributed by atoms with Crippen LogP contribution in [0.2, 0.25) is 0 Å². The van der Waals surface area contributed by atoms with Crippen LogP contribution in [0.1, 0.15) is 40.5 Å². The van der Waals surface area contributed by atoms with Crippen molar-refractivity contribution in [3.63, 3.8) is 0 Å². The van der Waals surface area contributed by atoms with E-state index >= 15 is 0 Å². The van der Waals surface area contributed by atoms with E-state index in [4.69, 9.17) is 0 Å². The van der Waals surface area contributed by atoms with Crippen molar-refractivity contribution in [1.82, 2.24) is 9.80 Å². The van der Waals surface area contributed by atoms with E-state index in [0.29, 0.717) is 11.1 Å². The molecule has 82 valence electrons. The fourth-order valence-corrected chi connectivity index (χ4v) is 2.97. The van der Waals surface area contributed by atoms with Crippen LogP contribution in [0.5, 0.6) is 0 Å². The van der Waals surface area contributed by atoms with Crippen molar-refractivity contribution in [1.29, 1.82) is 0 Å². The first-order chi connectivity index (χ1) is 6.48. The second kappa shape index (κ2) is 3.21. The molecule has 1 atom stereocenters. The van der Waals surface area contributed by atoms with E-state index in [-0.39, 0.29) is 0 Å². The van der Waals surface area contributed by atoms with Gasteiger partial charge in [0.15, 0.2) is 0 Å². The third kappa shape index (κ3) is 1.49. The second-order valence-corrected chi connectivity index (χ2v) is 5.90. The predicted octanol–water partition coefficient (Wildman–Crippen LogP) is 1.95. The van der Waals surface area contributed by atoms with E-state index in [2.05, 4.69) is 37.5 Å². The number of hydrogen-bond acceptors (Lipinski definition) is 2. The van der Waals surface area contributed by atoms with Crippen LogP contribution in [0.3, 0.4) is 0 Å². The Hall–Kier alpha value is -0.0800. The molecule has 0 aliphatic carbocycles. The van der Waals surface area contributed by atoms with Crippen LogP contribution in [0.15, 0.2) is 0 Å². The summed E-state index contributed by atoms with van der Waals surface area (Å²) in [7, 11) is 0. The zero-order valence-corrected chi connectivity index (χ0v) is 10.1. The summed E-state index contributed by atoms with van der Waals surface area (Å²) in [6, 6.07) is 0. The molecule has 2 saturated heterocycles. The van der Waals surface area contributed by atoms with Gasteiger partial charge in [0.05, 0.1) is 0 Å². The SMILES string of the molecule is CCN1CCC12CCN(C(C)(C)C)C2. The van der Waals surface area contributed by atoms with Crippen molar-refractivity contribution in [2.45, 2.75) is 51.6 Å². The van der Waals surface area contributed by atoms with Crippen molar-refractivity contribution < 1.29 is 0 Å². The highest BCUT2D eigenvalue weighted by Gasteiger charge is 2.49. The molecule has 2 aliphatic rings. The number of nitrogens with zero attached hydrogens (tertiary/aromatic N) is 2. The zero-order valence-electron chi connectivity index (χ0n) is 10.1. The van der Waals surface area contributed by atoms with Gasteiger partial charge in [-0.15, -0.1) is 0 Å². The molecule has 1 unspecified atom stereocenters. The third-order valence-corrected chi connectivity index (χ3v) is 4.18. The van der Waals surface area contributed by atoms with Crippen molar-refractivity contribution >= 4 is 0 Å². The molecule has 0 amide bonds. The van der Waals surface area contributed by atoms with Crippen LogP contribution >= 0.6 is 0 Å². The van der Waals surface area contributed by atoms with Gasteiger partial charge >= 0.3 is 0 Å². The van der Waals surface area contributed by atoms with Crippen molar-refractivity contribution in [2.75, 3.05) is 26.2 Å². The highest BCUT2D eigenvalue weighted by molar-refractivity contribution is 5.07. The van der Waals surface area contributed by atoms with Crippen LogP contribution in [0.4, 0.5) is 0 Å². The standard InChI is InChI=1S/C12H24N2/c1-5-13-8-6-12(13)7-9-14(10-12)11(2,3)4/h5-10H2,1-4H3. The fraction of sp³-hybridized carbons (Fsp3) is 1.00. The van der Waals surface area contributed by atoms with E-state index in [1.165, 1.54) is 39.0 Å². The van der Waals surface area contributed by atoms with Gasteiger partial charge in [0, 0.05) is 30.7 Å². The lowest BCUT2D eigenvalue weighted by Gasteiger charge is -2.51. The Bertz CT molecular complexity index is 217. The van der Waals surface area contributed by atoms with Crippen molar-refractivity contribution in [2.24, 2.45) is 0 Å². The number of likely N-dealkylation sites (N-methyl/N-ethyl adjacent to an activating group) is 1. The van der Waals surface area contributed by atoms with E-state index < -0.39 is 0 Å². The van der Waals surface area contributed by atoms with Crippen LogP contribution in [-0.4, -0.2) is 47.1 Å². The van der Waals surface area contributed by atoms with Gasteiger partial charge in [-0.25, -0.2) is 0 Å². The van der Waals surface area contributed by atoms with Gasteiger partial charge in [0.1, 0.15) is 0 Å². The van der Waals surface area contributed by atoms with E-state index in [1.807, 2.05) is 0 Å². The van der Waals surface area contributed by atoms with Crippen LogP contribution in [0, 0.1) is 0 Å². The van der Waals surface area contributed by atoms with Crippen molar-refractivity contribution in [3.8, 4) is 0 Å². The summed E-state index contributed by atoms with van der Waals surface area (Å²) in [5.74, 6) is 0. The maximum Gasteiger partial charge on any atom is 0.0360 e. The second-order valence-electron chi connectivity index (χ2n) is 5.90. The minimum absolute atomic E-state index is 0.360. The maximum absolute atomic E-state index is 2.67. The molecule has 0 aromatic heterocycles. The molecular formula is C12H24N2. The van der Waals surface area contributed by atoms with E-state index in [0.717, 1.165) is 0 Å². The van der Waals surface area contributed by atoms with Crippen molar-refractivity contribution in [3.05, 3.63) is 0 Å². The Kier molecular flexibility index (Phi) is 2.39. The molecule has 0 aromatic carbocycles. The lowest BCUT2D eigenvalue weighted by Crippen LogP contribution is -2.61. The summed E-state index contributed by atoms with van der Waals surface area (Å²) in [5, 5.41) is 0. The van der Waals surface area contributed by atoms with Crippen LogP contribution < -0.4 is 0 Å². The fourth-order valence-electron chi connectivity index (χ4n) is 2.97. The number of hydrogen-bond donors (Lipinski definition) is 0. The van der Waals surface area contributed by atoms with Crippen LogP contribution in [0.25, 0.3) is 0 Å². The molecule has 0 N–H and O–H groups in total. The topological polar surface area (TPSA) is 6.48 Å². The average molecular weight is 196 g/mol. The maximum atomic E-state index is 2.67. The lowest BCUT2D eigenvalue weighted by molar-refractivity contribution is -0.00876. The third-order valence-electron chi connectivity index (χ3n) is 4.18. The molecule has 2 rings (SSSR count). The van der Waals surface area contributed by atoms with Gasteiger partial charge in [-0.3, -0.25) is 9.80 Å². The first-order valence-electron chi connectivity index (χ1n) is 5.98. The highest BCUT2D eigenvalue weighted by Crippen LogP contribution is 2.40. The number of rotatable bonds is 1. The molecular weight excluding hydrogens is 172 g/mol. The summed E-state index contributed by atoms with van der Waals surface area (Å²) >= 11 is 0. The van der Waals surface area contributed by atoms with Gasteiger partial charge in [0.25, 0.3) is 0 Å². The molecule has 14 heavy (non-hydrogen) atoms. The lowest BCUT2D eigenvalue weighted by atomic mass is 9.84. The molecule has 1 spiro atoms. The Morgan fingerprint density at radius 2 is 1.79 bits per heavy atom. The van der Waals surface area contributed by atoms with Gasteiger partial charge in [-0.1, -0.05) is 6.92 Å². The molecule has 0 radical (unpaired) electrons. The Balaban J connectivity index is 2.01. The quantitative estimate of drug-likeness (QED) is 0.632. The summed E-state index contributed by atoms with van der Waals surface area (Å²) in [4.78, 5) is 5.31. The minimum atomic E-state index is 0.360. The summed E-state index contributed by atoms with van der Waals surface area (Å²) < 4.78 is 0. The van der Waals surface area contributed by atoms with Crippen LogP contribution in [-0.2, 0) is 0 Å². The minimum Gasteiger partial charge on any atom is -0.297 e. The number of likely N-dealkylation sites (tertiary alicyclic amines) is 2. The molecule has 0 saturated carbocycles. The largest absolute Gasteiger partial charge is 0.297 e. The highest BCUT2D eigenvalue weighted by atomic mass is 15.3. The first kappa shape index (κ1) is 10.4. The van der Waals surface area contributed by atoms with Gasteiger partial charge in [-0.05, 0) is 40.2 Å². The molecule has 2 nitrogen and oxygen atoms in total. The normalized spacial score (nSPS) is 35.1. The molecule has 2 aliphatic heterocycles. The average Bonchev–Trinajstić information content (AvgIpc) is 2.48. The Morgan fingerprint density at radius 3 is 2.14 bits per heavy atom. The zero-order chi connectivity index (χ0) is 10.4. The van der Waals surface area contributed by atoms with E-state index in [1.54, 1.807) is 0 Å². The summed E-state index contributed by atoms with van der Waals surface area (Å²) in [6.45, 7) is 14.4. The molecule has 0 bridgehead atoms. The first-order valence-corrected chi connectivity index (χ1v) is 5.98. The molecule has 0 aromatic rings. The smallest absolute Gasteiger partial charge is 0.0360 e. The molecule has 2 heterocycles. The Morgan fingerprint density at radius 1 is 1.14 bits per heavy atom. The summed E-state index contributed by atoms with van der Waals surface area (Å²) in [5.41, 5.74) is 0.931. The monoisotopic (exact) mass is 196 g/mol. The van der Waals surface area contributed by atoms with E-state index in [9.17, 15) is 0 Å². The predicted molar refractivity (Wildman–Crippen MR) is 60.5 cm³/mol. The summed E-state index contributed by atoms with van der Waals surface area (Å²) in [6.07, 6.45) is 2.81. The van der Waals surface area contributed by atoms with Gasteiger partial charge < -0.3 is 0 Å². The molecule has 2 fully saturated rings. The Labute approximate surface area is 88.3 Å².